The van der Waals surface area contributed by atoms with Crippen LogP contribution in [0.15, 0.2) is 9.95 Å². The monoisotopic (exact) mass is 419 g/mol. The van der Waals surface area contributed by atoms with Crippen molar-refractivity contribution < 1.29 is 4.79 Å². The van der Waals surface area contributed by atoms with E-state index in [1.807, 2.05) is 11.5 Å². The lowest BCUT2D eigenvalue weighted by atomic mass is 9.97. The number of aromatic nitrogens is 2. The van der Waals surface area contributed by atoms with Crippen LogP contribution in [0.3, 0.4) is 0 Å². The van der Waals surface area contributed by atoms with Gasteiger partial charge in [0.25, 0.3) is 5.56 Å². The van der Waals surface area contributed by atoms with Gasteiger partial charge in [-0.3, -0.25) is 14.2 Å². The molecule has 2 aliphatic rings. The number of nitrogens with one attached hydrogen (secondary N) is 1. The van der Waals surface area contributed by atoms with E-state index in [2.05, 4.69) is 12.2 Å². The zero-order chi connectivity index (χ0) is 19.7. The summed E-state index contributed by atoms with van der Waals surface area (Å²) in [5.41, 5.74) is 1.34. The molecule has 28 heavy (non-hydrogen) atoms. The Morgan fingerprint density at radius 3 is 2.86 bits per heavy atom. The number of unbranched alkanes of at least 4 members (excludes halogenated alkanes) is 2. The first-order chi connectivity index (χ1) is 13.6. The lowest BCUT2D eigenvalue weighted by molar-refractivity contribution is -0.120. The average Bonchev–Trinajstić information content (AvgIpc) is 3.41. The average molecular weight is 420 g/mol. The van der Waals surface area contributed by atoms with Gasteiger partial charge in [0.15, 0.2) is 5.16 Å². The molecule has 2 heterocycles. The Balaban J connectivity index is 1.69. The molecular weight excluding hydrogens is 390 g/mol. The van der Waals surface area contributed by atoms with Crippen molar-refractivity contribution in [2.24, 2.45) is 0 Å². The van der Waals surface area contributed by atoms with Crippen LogP contribution in [-0.4, -0.2) is 26.8 Å². The van der Waals surface area contributed by atoms with E-state index in [1.54, 1.807) is 11.3 Å². The number of hydrogen-bond donors (Lipinski definition) is 1. The Bertz CT molecular complexity index is 930. The molecule has 0 bridgehead atoms. The summed E-state index contributed by atoms with van der Waals surface area (Å²) in [5, 5.41) is 4.35. The van der Waals surface area contributed by atoms with E-state index in [0.29, 0.717) is 17.7 Å². The quantitative estimate of drug-likeness (QED) is 0.394. The molecule has 1 N–H and O–H groups in total. The molecule has 1 amide bonds. The third-order valence-corrected chi connectivity index (χ3v) is 7.88. The molecule has 0 unspecified atom stereocenters. The fraction of sp³-hybridized carbons (Fsp3) is 0.667. The van der Waals surface area contributed by atoms with E-state index in [9.17, 15) is 9.59 Å². The van der Waals surface area contributed by atoms with Crippen molar-refractivity contribution in [2.75, 3.05) is 0 Å². The molecule has 7 heteroatoms. The molecule has 152 valence electrons. The van der Waals surface area contributed by atoms with Crippen molar-refractivity contribution in [3.8, 4) is 0 Å². The highest BCUT2D eigenvalue weighted by molar-refractivity contribution is 8.00. The first kappa shape index (κ1) is 20.0. The van der Waals surface area contributed by atoms with Gasteiger partial charge in [0.2, 0.25) is 5.91 Å². The van der Waals surface area contributed by atoms with Gasteiger partial charge in [-0.1, -0.05) is 31.5 Å². The Hall–Kier alpha value is -1.34. The van der Waals surface area contributed by atoms with E-state index < -0.39 is 0 Å². The van der Waals surface area contributed by atoms with Gasteiger partial charge in [-0.15, -0.1) is 11.3 Å². The van der Waals surface area contributed by atoms with Crippen molar-refractivity contribution in [3.05, 3.63) is 20.8 Å². The smallest absolute Gasteiger partial charge is 0.263 e. The number of rotatable bonds is 8. The van der Waals surface area contributed by atoms with Crippen molar-refractivity contribution >= 4 is 39.2 Å². The van der Waals surface area contributed by atoms with Gasteiger partial charge in [0.05, 0.1) is 10.6 Å². The second-order valence-corrected chi connectivity index (χ2v) is 10.4. The Labute approximate surface area is 174 Å². The maximum atomic E-state index is 13.4. The first-order valence-corrected chi connectivity index (χ1v) is 12.3. The molecule has 0 aliphatic heterocycles. The molecule has 5 nitrogen and oxygen atoms in total. The van der Waals surface area contributed by atoms with Gasteiger partial charge >= 0.3 is 0 Å². The highest BCUT2D eigenvalue weighted by Crippen LogP contribution is 2.35. The number of amides is 1. The zero-order valence-electron chi connectivity index (χ0n) is 16.8. The van der Waals surface area contributed by atoms with Gasteiger partial charge in [0, 0.05) is 17.5 Å². The summed E-state index contributed by atoms with van der Waals surface area (Å²) in [6.45, 7) is 4.76. The molecule has 2 aromatic rings. The second kappa shape index (κ2) is 8.57. The lowest BCUT2D eigenvalue weighted by Crippen LogP contribution is -2.33. The SMILES string of the molecule is CCCCCn1c(S[C@@H](C)C(=O)NC2CC2)nc2sc3c(c2c1=O)CCCC3. The fourth-order valence-electron chi connectivity index (χ4n) is 3.78. The number of nitrogens with zero attached hydrogens (tertiary/aromatic N) is 2. The molecule has 2 aromatic heterocycles. The molecular formula is C21H29N3O2S2. The van der Waals surface area contributed by atoms with E-state index in [0.717, 1.165) is 61.6 Å². The number of carbonyl (C=O) groups is 1. The number of hydrogen-bond acceptors (Lipinski definition) is 5. The van der Waals surface area contributed by atoms with Crippen molar-refractivity contribution in [1.82, 2.24) is 14.9 Å². The molecule has 2 aliphatic carbocycles. The molecule has 1 fully saturated rings. The molecule has 0 radical (unpaired) electrons. The first-order valence-electron chi connectivity index (χ1n) is 10.6. The molecule has 1 atom stereocenters. The Morgan fingerprint density at radius 1 is 1.32 bits per heavy atom. The number of thiophene rings is 1. The summed E-state index contributed by atoms with van der Waals surface area (Å²) < 4.78 is 1.84. The van der Waals surface area contributed by atoms with Crippen LogP contribution in [0.4, 0.5) is 0 Å². The summed E-state index contributed by atoms with van der Waals surface area (Å²) in [6, 6.07) is 0.349. The highest BCUT2D eigenvalue weighted by Gasteiger charge is 2.28. The molecule has 0 spiro atoms. The maximum Gasteiger partial charge on any atom is 0.263 e. The van der Waals surface area contributed by atoms with Gasteiger partial charge in [0.1, 0.15) is 4.83 Å². The summed E-state index contributed by atoms with van der Waals surface area (Å²) >= 11 is 3.11. The topological polar surface area (TPSA) is 64.0 Å². The fourth-order valence-corrected chi connectivity index (χ4v) is 6.03. The third kappa shape index (κ3) is 4.15. The summed E-state index contributed by atoms with van der Waals surface area (Å²) in [7, 11) is 0. The van der Waals surface area contributed by atoms with Crippen LogP contribution in [0.5, 0.6) is 0 Å². The minimum atomic E-state index is -0.253. The predicted octanol–water partition coefficient (Wildman–Crippen LogP) is 4.29. The van der Waals surface area contributed by atoms with Crippen LogP contribution in [0, 0.1) is 0 Å². The van der Waals surface area contributed by atoms with Crippen LogP contribution in [0.1, 0.15) is 69.2 Å². The third-order valence-electron chi connectivity index (χ3n) is 5.60. The summed E-state index contributed by atoms with van der Waals surface area (Å²) in [4.78, 5) is 33.0. The van der Waals surface area contributed by atoms with E-state index in [-0.39, 0.29) is 16.7 Å². The lowest BCUT2D eigenvalue weighted by Gasteiger charge is -2.16. The van der Waals surface area contributed by atoms with Crippen molar-refractivity contribution in [1.29, 1.82) is 0 Å². The van der Waals surface area contributed by atoms with E-state index in [1.165, 1.54) is 28.6 Å². The minimum absolute atomic E-state index is 0.0485. The second-order valence-electron chi connectivity index (χ2n) is 7.99. The molecule has 0 aromatic carbocycles. The van der Waals surface area contributed by atoms with Crippen molar-refractivity contribution in [3.63, 3.8) is 0 Å². The number of carbonyl (C=O) groups excluding carboxylic acids is 1. The Kier molecular flexibility index (Phi) is 6.11. The van der Waals surface area contributed by atoms with E-state index >= 15 is 0 Å². The van der Waals surface area contributed by atoms with E-state index in [4.69, 9.17) is 4.98 Å². The van der Waals surface area contributed by atoms with Crippen LogP contribution < -0.4 is 10.9 Å². The number of thioether (sulfide) groups is 1. The Morgan fingerprint density at radius 2 is 2.11 bits per heavy atom. The molecule has 0 saturated heterocycles. The maximum absolute atomic E-state index is 13.4. The van der Waals surface area contributed by atoms with Gasteiger partial charge in [-0.05, 0) is 57.4 Å². The normalized spacial score (nSPS) is 17.5. The molecule has 4 rings (SSSR count). The summed E-state index contributed by atoms with van der Waals surface area (Å²) in [5.74, 6) is 0.0485. The van der Waals surface area contributed by atoms with Crippen LogP contribution in [-0.2, 0) is 24.2 Å². The van der Waals surface area contributed by atoms with Gasteiger partial charge < -0.3 is 5.32 Å². The predicted molar refractivity (Wildman–Crippen MR) is 117 cm³/mol. The van der Waals surface area contributed by atoms with Crippen LogP contribution in [0.2, 0.25) is 0 Å². The minimum Gasteiger partial charge on any atom is -0.352 e. The van der Waals surface area contributed by atoms with Gasteiger partial charge in [-0.25, -0.2) is 4.98 Å². The van der Waals surface area contributed by atoms with Gasteiger partial charge in [-0.2, -0.15) is 0 Å². The van der Waals surface area contributed by atoms with Crippen molar-refractivity contribution in [2.45, 2.75) is 94.6 Å². The zero-order valence-corrected chi connectivity index (χ0v) is 18.4. The number of fused-ring (bicyclic) bond motifs is 3. The largest absolute Gasteiger partial charge is 0.352 e. The van der Waals surface area contributed by atoms with Crippen LogP contribution >= 0.6 is 23.1 Å². The standard InChI is InChI=1S/C21H29N3O2S2/c1-3-4-7-12-24-20(26)17-15-8-5-6-9-16(15)28-19(17)23-21(24)27-13(2)18(25)22-14-10-11-14/h13-14H,3-12H2,1-2H3,(H,22,25)/t13-/m0/s1. The number of aryl methyl sites for hydroxylation is 2. The summed E-state index contributed by atoms with van der Waals surface area (Å²) in [6.07, 6.45) is 9.74. The molecule has 1 saturated carbocycles. The van der Waals surface area contributed by atoms with Crippen LogP contribution in [0.25, 0.3) is 10.2 Å². The highest BCUT2D eigenvalue weighted by atomic mass is 32.2.